The van der Waals surface area contributed by atoms with Crippen molar-refractivity contribution < 1.29 is 202 Å². The molecule has 8 aliphatic rings. The summed E-state index contributed by atoms with van der Waals surface area (Å²) in [6, 6.07) is 0. The first kappa shape index (κ1) is 83.4. The first-order valence-electron chi connectivity index (χ1n) is 26.2. The van der Waals surface area contributed by atoms with Gasteiger partial charge in [0.15, 0.2) is 10.8 Å². The highest BCUT2D eigenvalue weighted by Gasteiger charge is 3.09. The van der Waals surface area contributed by atoms with Gasteiger partial charge in [-0.25, -0.2) is 145 Å². The van der Waals surface area contributed by atoms with E-state index in [0.717, 1.165) is 0 Å². The van der Waals surface area contributed by atoms with Gasteiger partial charge in [-0.1, -0.05) is 6.92 Å². The lowest BCUT2D eigenvalue weighted by atomic mass is 9.40. The highest BCUT2D eigenvalue weighted by molar-refractivity contribution is 5.41. The topological polar surface area (TPSA) is 0 Å². The zero-order chi connectivity index (χ0) is 77.7. The molecule has 0 amide bonds. The van der Waals surface area contributed by atoms with Gasteiger partial charge in [-0.05, 0) is 68.7 Å². The van der Waals surface area contributed by atoms with E-state index in [2.05, 4.69) is 0 Å². The lowest BCUT2D eigenvalue weighted by Gasteiger charge is -2.69. The van der Waals surface area contributed by atoms with Crippen molar-refractivity contribution in [2.24, 2.45) is 37.9 Å². The Hall–Kier alpha value is -3.22. The Bertz CT molecular complexity index is 2630. The molecule has 8 rings (SSSR count). The summed E-state index contributed by atoms with van der Waals surface area (Å²) in [7, 11) is 0. The van der Waals surface area contributed by atoms with Crippen LogP contribution < -0.4 is 0 Å². The van der Waals surface area contributed by atoms with Crippen LogP contribution in [0.15, 0.2) is 0 Å². The molecule has 0 aromatic carbocycles. The fraction of sp³-hybridized carbons (Fsp3) is 1.00. The molecule has 0 aromatic heterocycles. The third kappa shape index (κ3) is 7.11. The van der Waals surface area contributed by atoms with Gasteiger partial charge in [0, 0.05) is 19.3 Å². The van der Waals surface area contributed by atoms with E-state index in [0.29, 0.717) is 6.92 Å². The fourth-order valence-corrected chi connectivity index (χ4v) is 15.2. The highest BCUT2D eigenvalue weighted by Crippen LogP contribution is 2.86. The maximum absolute atomic E-state index is 14.7. The number of rotatable bonds is 4. The zero-order valence-electron chi connectivity index (χ0n) is 49.0. The summed E-state index contributed by atoms with van der Waals surface area (Å²) < 4.78 is 645. The molecule has 0 spiro atoms. The summed E-state index contributed by atoms with van der Waals surface area (Å²) in [6.07, 6.45) is -10.2. The SMILES string of the molecule is CC1(CF)CC2(C)C(F)(F)C(C)(F)C(F)(F)C(C)(C1(F)F)C2(F)F.CC1(F)C(F)(F)C2(C)CC(F)(CF)C(F)(F)C(C)(C1(F)F)C2(F)F.CC1(F)C(F)(F)C2(C)CC(F)(CF)C(F)(F)C(F)(C1(F)F)C2(F)F.CC12CC(F)(CF)C(F)(F)C(F)(C(F)(F)C(F)(F)C1(F)F)C2(F)F. The van der Waals surface area contributed by atoms with Crippen LogP contribution in [-0.4, -0.2) is 173 Å². The van der Waals surface area contributed by atoms with E-state index < -0.39 is 271 Å². The van der Waals surface area contributed by atoms with Crippen LogP contribution in [0.2, 0.25) is 0 Å². The molecule has 8 fully saturated rings. The molecule has 0 N–H and O–H groups in total. The van der Waals surface area contributed by atoms with Gasteiger partial charge in [-0.2, -0.15) is 52.7 Å². The maximum Gasteiger partial charge on any atom is 0.376 e. The van der Waals surface area contributed by atoms with Crippen LogP contribution in [0.4, 0.5) is 202 Å². The minimum Gasteiger partial charge on any atom is -0.250 e. The molecular weight excluding hydrogens is 1470 g/mol. The quantitative estimate of drug-likeness (QED) is 0.246. The summed E-state index contributed by atoms with van der Waals surface area (Å²) in [4.78, 5) is 0. The Balaban J connectivity index is 0.000000231. The molecular formula is C50H46F46. The first-order valence-corrected chi connectivity index (χ1v) is 26.2. The van der Waals surface area contributed by atoms with Crippen molar-refractivity contribution in [3.05, 3.63) is 0 Å². The van der Waals surface area contributed by atoms with Crippen molar-refractivity contribution in [1.82, 2.24) is 0 Å². The molecule has 0 heterocycles. The van der Waals surface area contributed by atoms with Crippen LogP contribution >= 0.6 is 0 Å². The van der Waals surface area contributed by atoms with Crippen molar-refractivity contribution in [3.63, 3.8) is 0 Å². The van der Waals surface area contributed by atoms with E-state index in [9.17, 15) is 202 Å². The molecule has 15 atom stereocenters. The molecule has 46 heteroatoms. The van der Waals surface area contributed by atoms with Gasteiger partial charge in [0.1, 0.15) is 48.4 Å². The largest absolute Gasteiger partial charge is 0.376 e. The Labute approximate surface area is 507 Å². The summed E-state index contributed by atoms with van der Waals surface area (Å²) in [5.41, 5.74) is -75.8. The van der Waals surface area contributed by atoms with Crippen LogP contribution in [0.3, 0.4) is 0 Å². The Morgan fingerprint density at radius 2 is 0.396 bits per heavy atom. The number of hydrogen-bond donors (Lipinski definition) is 0. The minimum absolute atomic E-state index is 0.0570. The maximum atomic E-state index is 14.7. The van der Waals surface area contributed by atoms with Gasteiger partial charge in [-0.15, -0.1) is 0 Å². The Morgan fingerprint density at radius 3 is 0.667 bits per heavy atom. The van der Waals surface area contributed by atoms with Crippen molar-refractivity contribution in [2.75, 3.05) is 26.7 Å². The normalized spacial score (nSPS) is 50.2. The monoisotopic (exact) mass is 1520 g/mol. The molecule has 15 unspecified atom stereocenters. The predicted octanol–water partition coefficient (Wildman–Crippen LogP) is 21.1. The van der Waals surface area contributed by atoms with Gasteiger partial charge in [0.2, 0.25) is 34.0 Å². The minimum atomic E-state index is -7.41. The van der Waals surface area contributed by atoms with Crippen LogP contribution in [-0.2, 0) is 0 Å². The lowest BCUT2D eigenvalue weighted by molar-refractivity contribution is -0.516. The molecule has 8 saturated carbocycles. The van der Waals surface area contributed by atoms with Crippen LogP contribution in [0, 0.1) is 37.9 Å². The number of halogens is 46. The van der Waals surface area contributed by atoms with Gasteiger partial charge >= 0.3 is 76.5 Å². The van der Waals surface area contributed by atoms with Crippen molar-refractivity contribution >= 4 is 0 Å². The molecule has 0 aliphatic heterocycles. The first-order chi connectivity index (χ1) is 41.1. The van der Waals surface area contributed by atoms with E-state index in [1.54, 1.807) is 0 Å². The van der Waals surface area contributed by atoms with E-state index in [1.165, 1.54) is 0 Å². The van der Waals surface area contributed by atoms with Gasteiger partial charge in [-0.3, -0.25) is 4.39 Å². The fourth-order valence-electron chi connectivity index (χ4n) is 15.2. The van der Waals surface area contributed by atoms with Crippen molar-refractivity contribution in [1.29, 1.82) is 0 Å². The summed E-state index contributed by atoms with van der Waals surface area (Å²) in [5.74, 6) is -105. The van der Waals surface area contributed by atoms with Gasteiger partial charge in [0.05, 0.1) is 5.41 Å². The van der Waals surface area contributed by atoms with E-state index in [4.69, 9.17) is 0 Å². The number of alkyl halides is 46. The van der Waals surface area contributed by atoms with Crippen LogP contribution in [0.25, 0.3) is 0 Å². The molecule has 0 aromatic rings. The molecule has 568 valence electrons. The van der Waals surface area contributed by atoms with E-state index in [-0.39, 0.29) is 27.7 Å². The second-order valence-electron chi connectivity index (χ2n) is 27.4. The smallest absolute Gasteiger partial charge is 0.250 e. The summed E-state index contributed by atoms with van der Waals surface area (Å²) in [6.45, 7) is -14.4. The molecule has 96 heavy (non-hydrogen) atoms. The highest BCUT2D eigenvalue weighted by atomic mass is 19.4. The number of fused-ring (bicyclic) bond motifs is 8. The zero-order valence-corrected chi connectivity index (χ0v) is 49.0. The van der Waals surface area contributed by atoms with Crippen LogP contribution in [0.1, 0.15) is 94.9 Å². The molecule has 8 bridgehead atoms. The second kappa shape index (κ2) is 19.5. The van der Waals surface area contributed by atoms with E-state index >= 15 is 0 Å². The van der Waals surface area contributed by atoms with Crippen molar-refractivity contribution in [3.8, 4) is 0 Å². The third-order valence-electron chi connectivity index (χ3n) is 22.3. The standard InChI is InChI=1S/C14H16F10.C13H13F11.C12H10F12.C11H7F13/c1-7(6-15)5-8(2)12(19,20)9(3,11(7,17)18)14(23,24)10(4,16)13(8,21)22;1-6-4-9(16,5-14)13(23,24)7(2,10(6,17)18)12(21,22)8(3,15)11(6,19)20;1-5-3-7(15,4-13)12(23,24)8(16,10(5,19)20)11(21,22)6(2,14)9(5,17)18;1-4-2-5(13,3-12)9(19,20)6(14,7(4,15)16)10(21,22)11(23,24)8(4,17)18/h5-6H2,1-4H3;4-5H2,1-3H3;3-4H2,1-2H3;2-3H2,1H3. The third-order valence-corrected chi connectivity index (χ3v) is 22.3. The predicted molar refractivity (Wildman–Crippen MR) is 231 cm³/mol. The lowest BCUT2D eigenvalue weighted by Crippen LogP contribution is -2.92. The Kier molecular flexibility index (Phi) is 17.0. The average molecular weight is 1520 g/mol. The van der Waals surface area contributed by atoms with Gasteiger partial charge < -0.3 is 0 Å². The summed E-state index contributed by atoms with van der Waals surface area (Å²) >= 11 is 0. The average Bonchev–Trinajstić information content (AvgIpc) is 0.658. The molecule has 0 nitrogen and oxygen atoms in total. The molecule has 0 radical (unpaired) electrons. The Morgan fingerprint density at radius 1 is 0.177 bits per heavy atom. The van der Waals surface area contributed by atoms with E-state index in [1.807, 2.05) is 0 Å². The second-order valence-corrected chi connectivity index (χ2v) is 27.4. The molecule has 8 aliphatic carbocycles. The number of hydrogen-bond acceptors (Lipinski definition) is 0. The van der Waals surface area contributed by atoms with Crippen molar-refractivity contribution in [2.45, 2.75) is 241 Å². The molecule has 0 saturated heterocycles. The van der Waals surface area contributed by atoms with Gasteiger partial charge in [0.25, 0.3) is 35.5 Å². The summed E-state index contributed by atoms with van der Waals surface area (Å²) in [5, 5.41) is 0. The van der Waals surface area contributed by atoms with Crippen LogP contribution in [0.5, 0.6) is 0 Å².